The van der Waals surface area contributed by atoms with E-state index in [9.17, 15) is 9.59 Å². The third kappa shape index (κ3) is 4.22. The van der Waals surface area contributed by atoms with Crippen LogP contribution in [0.25, 0.3) is 0 Å². The van der Waals surface area contributed by atoms with Crippen LogP contribution < -0.4 is 5.32 Å². The maximum absolute atomic E-state index is 13.1. The first kappa shape index (κ1) is 19.6. The molecule has 0 bridgehead atoms. The summed E-state index contributed by atoms with van der Waals surface area (Å²) in [6.07, 6.45) is 4.01. The van der Waals surface area contributed by atoms with E-state index in [0.717, 1.165) is 36.8 Å². The number of hydrogen-bond donors (Lipinski definition) is 1. The van der Waals surface area contributed by atoms with Crippen molar-refractivity contribution < 1.29 is 14.3 Å². The van der Waals surface area contributed by atoms with Gasteiger partial charge in [0, 0.05) is 4.88 Å². The van der Waals surface area contributed by atoms with Crippen LogP contribution >= 0.6 is 11.3 Å². The number of ether oxygens (including phenoxy) is 1. The topological polar surface area (TPSA) is 58.6 Å². The van der Waals surface area contributed by atoms with Crippen LogP contribution in [0, 0.1) is 0 Å². The van der Waals surface area contributed by atoms with Gasteiger partial charge in [0.05, 0.1) is 12.2 Å². The number of carbonyl (C=O) groups excluding carboxylic acids is 2. The number of carbonyl (C=O) groups is 2. The van der Waals surface area contributed by atoms with Gasteiger partial charge in [0.1, 0.15) is 11.0 Å². The maximum atomic E-state index is 13.1. The normalized spacial score (nSPS) is 14.5. The zero-order valence-corrected chi connectivity index (χ0v) is 16.9. The van der Waals surface area contributed by atoms with Gasteiger partial charge in [-0.25, -0.2) is 4.79 Å². The summed E-state index contributed by atoms with van der Waals surface area (Å²) in [6.45, 7) is 2.12. The smallest absolute Gasteiger partial charge is 0.341 e. The minimum absolute atomic E-state index is 0.143. The van der Waals surface area contributed by atoms with E-state index in [0.29, 0.717) is 17.2 Å². The second-order valence-electron chi connectivity index (χ2n) is 6.90. The van der Waals surface area contributed by atoms with Gasteiger partial charge >= 0.3 is 5.97 Å². The highest BCUT2D eigenvalue weighted by atomic mass is 32.1. The number of thiophene rings is 1. The molecule has 0 radical (unpaired) electrons. The van der Waals surface area contributed by atoms with Gasteiger partial charge in [-0.15, -0.1) is 11.3 Å². The van der Waals surface area contributed by atoms with Gasteiger partial charge in [-0.05, 0) is 57.8 Å². The van der Waals surface area contributed by atoms with Gasteiger partial charge in [-0.1, -0.05) is 30.3 Å². The molecule has 1 aromatic carbocycles. The van der Waals surface area contributed by atoms with Crippen molar-refractivity contribution in [3.05, 3.63) is 51.9 Å². The molecule has 0 spiro atoms. The number of hydrogen-bond acceptors (Lipinski definition) is 5. The molecule has 1 aliphatic rings. The van der Waals surface area contributed by atoms with Gasteiger partial charge in [-0.3, -0.25) is 9.69 Å². The maximum Gasteiger partial charge on any atom is 0.341 e. The van der Waals surface area contributed by atoms with Crippen molar-refractivity contribution in [2.45, 2.75) is 38.6 Å². The molecule has 144 valence electrons. The quantitative estimate of drug-likeness (QED) is 0.761. The Hall–Kier alpha value is -2.18. The van der Waals surface area contributed by atoms with Crippen molar-refractivity contribution in [3.63, 3.8) is 0 Å². The summed E-state index contributed by atoms with van der Waals surface area (Å²) in [6, 6.07) is 9.23. The van der Waals surface area contributed by atoms with Crippen molar-refractivity contribution in [2.24, 2.45) is 0 Å². The number of rotatable bonds is 6. The van der Waals surface area contributed by atoms with E-state index < -0.39 is 6.04 Å². The van der Waals surface area contributed by atoms with Crippen molar-refractivity contribution >= 4 is 28.2 Å². The fourth-order valence-corrected chi connectivity index (χ4v) is 4.85. The Labute approximate surface area is 164 Å². The summed E-state index contributed by atoms with van der Waals surface area (Å²) >= 11 is 1.52. The molecule has 1 aliphatic carbocycles. The van der Waals surface area contributed by atoms with Crippen molar-refractivity contribution in [1.82, 2.24) is 4.90 Å². The molecular formula is C21H26N2O3S. The predicted molar refractivity (Wildman–Crippen MR) is 108 cm³/mol. The molecule has 1 amide bonds. The van der Waals surface area contributed by atoms with Gasteiger partial charge in [0.15, 0.2) is 0 Å². The molecule has 0 aliphatic heterocycles. The van der Waals surface area contributed by atoms with Crippen molar-refractivity contribution in [1.29, 1.82) is 0 Å². The van der Waals surface area contributed by atoms with Crippen LogP contribution in [0.4, 0.5) is 5.00 Å². The molecule has 5 nitrogen and oxygen atoms in total. The van der Waals surface area contributed by atoms with Crippen LogP contribution in [0.5, 0.6) is 0 Å². The number of amides is 1. The van der Waals surface area contributed by atoms with Gasteiger partial charge in [0.2, 0.25) is 5.91 Å². The number of esters is 1. The van der Waals surface area contributed by atoms with E-state index in [1.807, 2.05) is 49.3 Å². The lowest BCUT2D eigenvalue weighted by molar-refractivity contribution is -0.120. The fourth-order valence-electron chi connectivity index (χ4n) is 3.57. The Bertz CT molecular complexity index is 814. The molecule has 1 atom stereocenters. The number of aryl methyl sites for hydroxylation is 1. The molecular weight excluding hydrogens is 360 g/mol. The van der Waals surface area contributed by atoms with Gasteiger partial charge in [0.25, 0.3) is 0 Å². The second kappa shape index (κ2) is 8.67. The van der Waals surface area contributed by atoms with Crippen LogP contribution in [0.3, 0.4) is 0 Å². The zero-order valence-electron chi connectivity index (χ0n) is 16.1. The number of nitrogens with one attached hydrogen (secondary N) is 1. The van der Waals surface area contributed by atoms with Gasteiger partial charge < -0.3 is 10.1 Å². The van der Waals surface area contributed by atoms with Crippen molar-refractivity contribution in [3.8, 4) is 0 Å². The SMILES string of the molecule is CCOC(=O)c1c(NC(=O)[C@H](c2ccccc2)N(C)C)sc2c1CCCC2. The first-order chi connectivity index (χ1) is 13.0. The summed E-state index contributed by atoms with van der Waals surface area (Å²) in [4.78, 5) is 28.8. The highest BCUT2D eigenvalue weighted by Gasteiger charge is 2.30. The number of benzene rings is 1. The molecule has 1 heterocycles. The molecule has 27 heavy (non-hydrogen) atoms. The first-order valence-electron chi connectivity index (χ1n) is 9.36. The van der Waals surface area contributed by atoms with Crippen LogP contribution in [-0.2, 0) is 22.4 Å². The van der Waals surface area contributed by atoms with E-state index in [1.54, 1.807) is 6.92 Å². The number of fused-ring (bicyclic) bond motifs is 1. The molecule has 6 heteroatoms. The summed E-state index contributed by atoms with van der Waals surface area (Å²) in [5.74, 6) is -0.483. The monoisotopic (exact) mass is 386 g/mol. The molecule has 0 unspecified atom stereocenters. The van der Waals surface area contributed by atoms with Crippen LogP contribution in [-0.4, -0.2) is 37.5 Å². The van der Waals surface area contributed by atoms with E-state index in [1.165, 1.54) is 16.2 Å². The molecule has 2 aromatic rings. The van der Waals surface area contributed by atoms with Crippen molar-refractivity contribution in [2.75, 3.05) is 26.0 Å². The van der Waals surface area contributed by atoms with E-state index in [2.05, 4.69) is 5.32 Å². The molecule has 0 saturated carbocycles. The Balaban J connectivity index is 1.93. The molecule has 0 fully saturated rings. The van der Waals surface area contributed by atoms with E-state index in [-0.39, 0.29) is 11.9 Å². The molecule has 0 saturated heterocycles. The van der Waals surface area contributed by atoms with Gasteiger partial charge in [-0.2, -0.15) is 0 Å². The standard InChI is InChI=1S/C21H26N2O3S/c1-4-26-21(25)17-15-12-8-9-13-16(15)27-20(17)22-19(24)18(23(2)3)14-10-6-5-7-11-14/h5-7,10-11,18H,4,8-9,12-13H2,1-3H3,(H,22,24)/t18-/m0/s1. The number of anilines is 1. The summed E-state index contributed by atoms with van der Waals surface area (Å²) in [5.41, 5.74) is 2.52. The third-order valence-electron chi connectivity index (χ3n) is 4.77. The predicted octanol–water partition coefficient (Wildman–Crippen LogP) is 4.05. The molecule has 1 aromatic heterocycles. The Morgan fingerprint density at radius 2 is 1.89 bits per heavy atom. The summed E-state index contributed by atoms with van der Waals surface area (Å²) < 4.78 is 5.27. The Morgan fingerprint density at radius 3 is 2.56 bits per heavy atom. The summed E-state index contributed by atoms with van der Waals surface area (Å²) in [7, 11) is 3.76. The number of nitrogens with zero attached hydrogens (tertiary/aromatic N) is 1. The largest absolute Gasteiger partial charge is 0.462 e. The highest BCUT2D eigenvalue weighted by molar-refractivity contribution is 7.17. The van der Waals surface area contributed by atoms with E-state index >= 15 is 0 Å². The number of likely N-dealkylation sites (N-methyl/N-ethyl adjacent to an activating group) is 1. The zero-order chi connectivity index (χ0) is 19.4. The van der Waals surface area contributed by atoms with E-state index in [4.69, 9.17) is 4.74 Å². The minimum Gasteiger partial charge on any atom is -0.462 e. The van der Waals surface area contributed by atoms with Crippen LogP contribution in [0.15, 0.2) is 30.3 Å². The molecule has 3 rings (SSSR count). The van der Waals surface area contributed by atoms with Crippen LogP contribution in [0.2, 0.25) is 0 Å². The Morgan fingerprint density at radius 1 is 1.19 bits per heavy atom. The van der Waals surface area contributed by atoms with Crippen LogP contribution in [0.1, 0.15) is 52.2 Å². The fraction of sp³-hybridized carbons (Fsp3) is 0.429. The lowest BCUT2D eigenvalue weighted by Crippen LogP contribution is -2.32. The minimum atomic E-state index is -0.430. The highest BCUT2D eigenvalue weighted by Crippen LogP contribution is 2.39. The lowest BCUT2D eigenvalue weighted by atomic mass is 9.95. The first-order valence-corrected chi connectivity index (χ1v) is 10.2. The average Bonchev–Trinajstić information content (AvgIpc) is 3.00. The third-order valence-corrected chi connectivity index (χ3v) is 5.97. The summed E-state index contributed by atoms with van der Waals surface area (Å²) in [5, 5.41) is 3.64. The Kier molecular flexibility index (Phi) is 6.29. The lowest BCUT2D eigenvalue weighted by Gasteiger charge is -2.23. The molecule has 1 N–H and O–H groups in total. The average molecular weight is 387 g/mol. The second-order valence-corrected chi connectivity index (χ2v) is 8.01.